The van der Waals surface area contributed by atoms with E-state index in [1.54, 1.807) is 18.5 Å². The van der Waals surface area contributed by atoms with Crippen LogP contribution in [0.2, 0.25) is 0 Å². The Kier molecular flexibility index (Phi) is 4.33. The van der Waals surface area contributed by atoms with Gasteiger partial charge in [0.25, 0.3) is 0 Å². The number of benzene rings is 1. The van der Waals surface area contributed by atoms with Gasteiger partial charge in [0, 0.05) is 18.4 Å². The zero-order valence-corrected chi connectivity index (χ0v) is 12.1. The topological polar surface area (TPSA) is 67.2 Å². The number of amides is 2. The van der Waals surface area contributed by atoms with Crippen LogP contribution in [-0.4, -0.2) is 11.0 Å². The number of rotatable bonds is 4. The van der Waals surface area contributed by atoms with Gasteiger partial charge in [-0.2, -0.15) is 0 Å². The molecular weight excluding hydrogens is 297 g/mol. The summed E-state index contributed by atoms with van der Waals surface area (Å²) in [6.07, 6.45) is 3.27. The zero-order chi connectivity index (χ0) is 16.1. The normalized spacial score (nSPS) is 10.3. The van der Waals surface area contributed by atoms with E-state index in [2.05, 4.69) is 15.6 Å². The van der Waals surface area contributed by atoms with E-state index in [1.807, 2.05) is 18.2 Å². The standard InChI is InChI=1S/C17H14FN3O2/c18-13-4-6-14(7-5-13)21-17(22)20-11-12-3-8-15(19-10-12)16-2-1-9-23-16/h1-10H,11H2,(H2,20,21,22). The third kappa shape index (κ3) is 3.94. The molecule has 2 N–H and O–H groups in total. The van der Waals surface area contributed by atoms with Gasteiger partial charge in [-0.05, 0) is 48.0 Å². The van der Waals surface area contributed by atoms with Gasteiger partial charge in [0.15, 0.2) is 5.76 Å². The van der Waals surface area contributed by atoms with E-state index < -0.39 is 0 Å². The quantitative estimate of drug-likeness (QED) is 0.770. The fraction of sp³-hybridized carbons (Fsp3) is 0.0588. The van der Waals surface area contributed by atoms with Crippen LogP contribution in [0.25, 0.3) is 11.5 Å². The van der Waals surface area contributed by atoms with Crippen LogP contribution < -0.4 is 10.6 Å². The molecule has 3 rings (SSSR count). The van der Waals surface area contributed by atoms with Crippen LogP contribution >= 0.6 is 0 Å². The molecule has 0 saturated carbocycles. The first-order valence-electron chi connectivity index (χ1n) is 7.00. The highest BCUT2D eigenvalue weighted by Crippen LogP contribution is 2.17. The predicted molar refractivity (Wildman–Crippen MR) is 84.2 cm³/mol. The third-order valence-corrected chi connectivity index (χ3v) is 3.15. The molecule has 2 aromatic heterocycles. The van der Waals surface area contributed by atoms with Crippen molar-refractivity contribution in [3.63, 3.8) is 0 Å². The van der Waals surface area contributed by atoms with Crippen LogP contribution in [-0.2, 0) is 6.54 Å². The van der Waals surface area contributed by atoms with E-state index in [4.69, 9.17) is 4.42 Å². The number of halogens is 1. The van der Waals surface area contributed by atoms with E-state index in [0.29, 0.717) is 18.0 Å². The molecule has 0 fully saturated rings. The Balaban J connectivity index is 1.53. The number of pyridine rings is 1. The highest BCUT2D eigenvalue weighted by atomic mass is 19.1. The minimum atomic E-state index is -0.369. The van der Waals surface area contributed by atoms with Crippen molar-refractivity contribution in [3.05, 3.63) is 72.4 Å². The largest absolute Gasteiger partial charge is 0.463 e. The molecule has 1 aromatic carbocycles. The number of carbonyl (C=O) groups is 1. The Morgan fingerprint density at radius 2 is 1.96 bits per heavy atom. The summed E-state index contributed by atoms with van der Waals surface area (Å²) in [5, 5.41) is 5.33. The molecule has 116 valence electrons. The van der Waals surface area contributed by atoms with Gasteiger partial charge in [0.2, 0.25) is 0 Å². The van der Waals surface area contributed by atoms with Gasteiger partial charge in [-0.1, -0.05) is 6.07 Å². The highest BCUT2D eigenvalue weighted by molar-refractivity contribution is 5.89. The Hall–Kier alpha value is -3.15. The maximum atomic E-state index is 12.8. The van der Waals surface area contributed by atoms with E-state index in [9.17, 15) is 9.18 Å². The van der Waals surface area contributed by atoms with Crippen molar-refractivity contribution >= 4 is 11.7 Å². The molecule has 2 heterocycles. The third-order valence-electron chi connectivity index (χ3n) is 3.15. The molecule has 0 aliphatic heterocycles. The summed E-state index contributed by atoms with van der Waals surface area (Å²) < 4.78 is 18.0. The summed E-state index contributed by atoms with van der Waals surface area (Å²) >= 11 is 0. The molecule has 2 amide bonds. The van der Waals surface area contributed by atoms with Crippen LogP contribution in [0, 0.1) is 5.82 Å². The second-order valence-electron chi connectivity index (χ2n) is 4.84. The van der Waals surface area contributed by atoms with E-state index in [0.717, 1.165) is 11.3 Å². The van der Waals surface area contributed by atoms with Crippen molar-refractivity contribution < 1.29 is 13.6 Å². The summed E-state index contributed by atoms with van der Waals surface area (Å²) in [6, 6.07) is 12.5. The Morgan fingerprint density at radius 1 is 1.13 bits per heavy atom. The summed E-state index contributed by atoms with van der Waals surface area (Å²) in [6.45, 7) is 0.332. The van der Waals surface area contributed by atoms with Crippen molar-refractivity contribution in [1.29, 1.82) is 0 Å². The molecule has 0 aliphatic rings. The number of nitrogens with zero attached hydrogens (tertiary/aromatic N) is 1. The van der Waals surface area contributed by atoms with Crippen LogP contribution in [0.3, 0.4) is 0 Å². The van der Waals surface area contributed by atoms with Gasteiger partial charge in [-0.3, -0.25) is 4.98 Å². The van der Waals surface area contributed by atoms with E-state index in [-0.39, 0.29) is 11.8 Å². The number of urea groups is 1. The van der Waals surface area contributed by atoms with Crippen molar-refractivity contribution in [1.82, 2.24) is 10.3 Å². The van der Waals surface area contributed by atoms with Gasteiger partial charge >= 0.3 is 6.03 Å². The Labute approximate surface area is 132 Å². The maximum absolute atomic E-state index is 12.8. The minimum Gasteiger partial charge on any atom is -0.463 e. The second-order valence-corrected chi connectivity index (χ2v) is 4.84. The summed E-state index contributed by atoms with van der Waals surface area (Å²) in [7, 11) is 0. The Bertz CT molecular complexity index is 769. The lowest BCUT2D eigenvalue weighted by Gasteiger charge is -2.07. The lowest BCUT2D eigenvalue weighted by atomic mass is 10.2. The van der Waals surface area contributed by atoms with Crippen LogP contribution in [0.5, 0.6) is 0 Å². The van der Waals surface area contributed by atoms with Crippen molar-refractivity contribution in [2.75, 3.05) is 5.32 Å². The lowest BCUT2D eigenvalue weighted by Crippen LogP contribution is -2.28. The van der Waals surface area contributed by atoms with Crippen molar-refractivity contribution in [2.24, 2.45) is 0 Å². The number of hydrogen-bond acceptors (Lipinski definition) is 3. The average molecular weight is 311 g/mol. The highest BCUT2D eigenvalue weighted by Gasteiger charge is 2.04. The summed E-state index contributed by atoms with van der Waals surface area (Å²) in [5.41, 5.74) is 2.11. The predicted octanol–water partition coefficient (Wildman–Crippen LogP) is 3.80. The van der Waals surface area contributed by atoms with Crippen LogP contribution in [0.4, 0.5) is 14.9 Å². The van der Waals surface area contributed by atoms with Gasteiger partial charge in [0.1, 0.15) is 11.5 Å². The first kappa shape index (κ1) is 14.8. The zero-order valence-electron chi connectivity index (χ0n) is 12.1. The number of nitrogens with one attached hydrogen (secondary N) is 2. The molecule has 3 aromatic rings. The van der Waals surface area contributed by atoms with Gasteiger partial charge in [0.05, 0.1) is 6.26 Å². The molecule has 0 radical (unpaired) electrons. The van der Waals surface area contributed by atoms with E-state index >= 15 is 0 Å². The molecule has 0 saturated heterocycles. The number of carbonyl (C=O) groups excluding carboxylic acids is 1. The first-order valence-corrected chi connectivity index (χ1v) is 7.00. The van der Waals surface area contributed by atoms with Gasteiger partial charge < -0.3 is 15.1 Å². The fourth-order valence-corrected chi connectivity index (χ4v) is 1.99. The Morgan fingerprint density at radius 3 is 2.61 bits per heavy atom. The summed E-state index contributed by atoms with van der Waals surface area (Å²) in [5.74, 6) is 0.345. The number of aromatic nitrogens is 1. The fourth-order valence-electron chi connectivity index (χ4n) is 1.99. The molecule has 0 aliphatic carbocycles. The molecule has 5 nitrogen and oxygen atoms in total. The molecule has 23 heavy (non-hydrogen) atoms. The SMILES string of the molecule is O=C(NCc1ccc(-c2ccco2)nc1)Nc1ccc(F)cc1. The minimum absolute atomic E-state index is 0.332. The average Bonchev–Trinajstić information content (AvgIpc) is 3.10. The van der Waals surface area contributed by atoms with Gasteiger partial charge in [-0.15, -0.1) is 0 Å². The monoisotopic (exact) mass is 311 g/mol. The first-order chi connectivity index (χ1) is 11.2. The molecular formula is C17H14FN3O2. The lowest BCUT2D eigenvalue weighted by molar-refractivity contribution is 0.251. The smallest absolute Gasteiger partial charge is 0.319 e. The number of furan rings is 1. The second kappa shape index (κ2) is 6.74. The number of anilines is 1. The van der Waals surface area contributed by atoms with E-state index in [1.165, 1.54) is 24.3 Å². The van der Waals surface area contributed by atoms with Crippen LogP contribution in [0.1, 0.15) is 5.56 Å². The molecule has 6 heteroatoms. The molecule has 0 spiro atoms. The van der Waals surface area contributed by atoms with Gasteiger partial charge in [-0.25, -0.2) is 9.18 Å². The molecule has 0 unspecified atom stereocenters. The molecule has 0 bridgehead atoms. The van der Waals surface area contributed by atoms with Crippen molar-refractivity contribution in [2.45, 2.75) is 6.54 Å². The number of hydrogen-bond donors (Lipinski definition) is 2. The maximum Gasteiger partial charge on any atom is 0.319 e. The molecule has 0 atom stereocenters. The summed E-state index contributed by atoms with van der Waals surface area (Å²) in [4.78, 5) is 16.1. The van der Waals surface area contributed by atoms with Crippen molar-refractivity contribution in [3.8, 4) is 11.5 Å². The van der Waals surface area contributed by atoms with Crippen LogP contribution in [0.15, 0.2) is 65.4 Å².